The van der Waals surface area contributed by atoms with E-state index in [0.717, 1.165) is 18.6 Å². The zero-order valence-corrected chi connectivity index (χ0v) is 12.7. The summed E-state index contributed by atoms with van der Waals surface area (Å²) < 4.78 is 25.8. The van der Waals surface area contributed by atoms with E-state index in [1.54, 1.807) is 6.92 Å². The van der Waals surface area contributed by atoms with Crippen molar-refractivity contribution < 1.29 is 18.7 Å². The predicted molar refractivity (Wildman–Crippen MR) is 77.8 cm³/mol. The maximum Gasteiger partial charge on any atom is 0.224 e. The minimum absolute atomic E-state index is 0.0442. The SMILES string of the molecule is CC(C)CCC(C)(O)CNC(=O)Cc1ccc(F)c(F)c1. The second kappa shape index (κ2) is 7.50. The van der Waals surface area contributed by atoms with Gasteiger partial charge in [0.1, 0.15) is 0 Å². The van der Waals surface area contributed by atoms with Gasteiger partial charge < -0.3 is 10.4 Å². The molecule has 0 aliphatic rings. The number of hydrogen-bond donors (Lipinski definition) is 2. The monoisotopic (exact) mass is 299 g/mol. The largest absolute Gasteiger partial charge is 0.388 e. The van der Waals surface area contributed by atoms with Gasteiger partial charge in [-0.3, -0.25) is 4.79 Å². The van der Waals surface area contributed by atoms with Crippen LogP contribution in [0, 0.1) is 17.6 Å². The van der Waals surface area contributed by atoms with Gasteiger partial charge >= 0.3 is 0 Å². The Bertz CT molecular complexity index is 487. The smallest absolute Gasteiger partial charge is 0.224 e. The Labute approximate surface area is 124 Å². The predicted octanol–water partition coefficient (Wildman–Crippen LogP) is 2.81. The number of carbonyl (C=O) groups excluding carboxylic acids is 1. The Morgan fingerprint density at radius 2 is 2.00 bits per heavy atom. The van der Waals surface area contributed by atoms with Gasteiger partial charge in [0.05, 0.1) is 12.0 Å². The first-order valence-corrected chi connectivity index (χ1v) is 7.12. The molecule has 0 aliphatic heterocycles. The summed E-state index contributed by atoms with van der Waals surface area (Å²) in [6.07, 6.45) is 1.42. The minimum Gasteiger partial charge on any atom is -0.388 e. The number of rotatable bonds is 7. The molecule has 21 heavy (non-hydrogen) atoms. The van der Waals surface area contributed by atoms with Crippen LogP contribution in [0.2, 0.25) is 0 Å². The summed E-state index contributed by atoms with van der Waals surface area (Å²) in [6.45, 7) is 5.95. The Morgan fingerprint density at radius 1 is 1.33 bits per heavy atom. The standard InChI is InChI=1S/C16H23F2NO2/c1-11(2)6-7-16(3,21)10-19-15(20)9-12-4-5-13(17)14(18)8-12/h4-5,8,11,21H,6-7,9-10H2,1-3H3,(H,19,20). The minimum atomic E-state index is -0.968. The molecule has 3 nitrogen and oxygen atoms in total. The van der Waals surface area contributed by atoms with Crippen LogP contribution in [-0.4, -0.2) is 23.2 Å². The van der Waals surface area contributed by atoms with E-state index in [2.05, 4.69) is 19.2 Å². The number of benzene rings is 1. The summed E-state index contributed by atoms with van der Waals surface area (Å²) in [4.78, 5) is 11.8. The van der Waals surface area contributed by atoms with Crippen LogP contribution < -0.4 is 5.32 Å². The lowest BCUT2D eigenvalue weighted by molar-refractivity contribution is -0.121. The molecular formula is C16H23F2NO2. The first-order chi connectivity index (χ1) is 9.69. The fourth-order valence-electron chi connectivity index (χ4n) is 1.87. The van der Waals surface area contributed by atoms with Crippen LogP contribution in [0.4, 0.5) is 8.78 Å². The van der Waals surface area contributed by atoms with Crippen LogP contribution in [0.15, 0.2) is 18.2 Å². The van der Waals surface area contributed by atoms with Gasteiger partial charge in [-0.05, 0) is 43.4 Å². The third kappa shape index (κ3) is 6.67. The maximum absolute atomic E-state index is 13.0. The van der Waals surface area contributed by atoms with Crippen molar-refractivity contribution in [3.05, 3.63) is 35.4 Å². The summed E-state index contributed by atoms with van der Waals surface area (Å²) >= 11 is 0. The van der Waals surface area contributed by atoms with E-state index >= 15 is 0 Å². The van der Waals surface area contributed by atoms with Crippen molar-refractivity contribution in [2.45, 2.75) is 45.6 Å². The van der Waals surface area contributed by atoms with E-state index in [4.69, 9.17) is 0 Å². The molecule has 1 amide bonds. The lowest BCUT2D eigenvalue weighted by Crippen LogP contribution is -2.41. The molecule has 5 heteroatoms. The highest BCUT2D eigenvalue weighted by Gasteiger charge is 2.21. The van der Waals surface area contributed by atoms with Crippen LogP contribution in [0.25, 0.3) is 0 Å². The van der Waals surface area contributed by atoms with Gasteiger partial charge in [0.2, 0.25) is 5.91 Å². The van der Waals surface area contributed by atoms with E-state index in [-0.39, 0.29) is 18.9 Å². The molecule has 118 valence electrons. The average molecular weight is 299 g/mol. The van der Waals surface area contributed by atoms with Crippen molar-refractivity contribution in [2.24, 2.45) is 5.92 Å². The number of nitrogens with one attached hydrogen (secondary N) is 1. The van der Waals surface area contributed by atoms with Gasteiger partial charge in [-0.1, -0.05) is 19.9 Å². The van der Waals surface area contributed by atoms with Crippen molar-refractivity contribution >= 4 is 5.91 Å². The third-order valence-electron chi connectivity index (χ3n) is 3.28. The normalized spacial score (nSPS) is 14.0. The van der Waals surface area contributed by atoms with Crippen LogP contribution in [0.3, 0.4) is 0 Å². The van der Waals surface area contributed by atoms with E-state index in [0.29, 0.717) is 17.9 Å². The fraction of sp³-hybridized carbons (Fsp3) is 0.562. The maximum atomic E-state index is 13.0. The Kier molecular flexibility index (Phi) is 6.27. The van der Waals surface area contributed by atoms with Gasteiger partial charge in [0.25, 0.3) is 0 Å². The summed E-state index contributed by atoms with van der Waals surface area (Å²) in [6, 6.07) is 3.37. The highest BCUT2D eigenvalue weighted by atomic mass is 19.2. The highest BCUT2D eigenvalue weighted by molar-refractivity contribution is 5.78. The first kappa shape index (κ1) is 17.6. The number of aliphatic hydroxyl groups is 1. The quantitative estimate of drug-likeness (QED) is 0.813. The van der Waals surface area contributed by atoms with Gasteiger partial charge in [-0.2, -0.15) is 0 Å². The first-order valence-electron chi connectivity index (χ1n) is 7.12. The molecule has 0 radical (unpaired) electrons. The number of hydrogen-bond acceptors (Lipinski definition) is 2. The summed E-state index contributed by atoms with van der Waals surface area (Å²) in [7, 11) is 0. The zero-order valence-electron chi connectivity index (χ0n) is 12.7. The molecule has 1 aromatic carbocycles. The average Bonchev–Trinajstić information content (AvgIpc) is 2.39. The molecule has 1 unspecified atom stereocenters. The van der Waals surface area contributed by atoms with Crippen molar-refractivity contribution in [3.63, 3.8) is 0 Å². The molecule has 1 rings (SSSR count). The van der Waals surface area contributed by atoms with Crippen LogP contribution in [0.5, 0.6) is 0 Å². The van der Waals surface area contributed by atoms with Gasteiger partial charge in [-0.15, -0.1) is 0 Å². The lowest BCUT2D eigenvalue weighted by Gasteiger charge is -2.24. The zero-order chi connectivity index (χ0) is 16.0. The van der Waals surface area contributed by atoms with Gasteiger partial charge in [-0.25, -0.2) is 8.78 Å². The van der Waals surface area contributed by atoms with Gasteiger partial charge in [0, 0.05) is 6.54 Å². The van der Waals surface area contributed by atoms with E-state index < -0.39 is 17.2 Å². The number of carbonyl (C=O) groups is 1. The second-order valence-corrected chi connectivity index (χ2v) is 6.13. The number of amides is 1. The topological polar surface area (TPSA) is 49.3 Å². The second-order valence-electron chi connectivity index (χ2n) is 6.13. The molecule has 0 saturated carbocycles. The Hall–Kier alpha value is -1.49. The van der Waals surface area contributed by atoms with Crippen LogP contribution in [0.1, 0.15) is 39.2 Å². The molecule has 0 bridgehead atoms. The molecule has 0 aromatic heterocycles. The molecule has 1 atom stereocenters. The molecule has 0 saturated heterocycles. The molecular weight excluding hydrogens is 276 g/mol. The summed E-state index contributed by atoms with van der Waals surface area (Å²) in [5.74, 6) is -1.75. The summed E-state index contributed by atoms with van der Waals surface area (Å²) in [5.41, 5.74) is -0.568. The van der Waals surface area contributed by atoms with Crippen molar-refractivity contribution in [3.8, 4) is 0 Å². The van der Waals surface area contributed by atoms with E-state index in [9.17, 15) is 18.7 Å². The van der Waals surface area contributed by atoms with Crippen LogP contribution in [-0.2, 0) is 11.2 Å². The fourth-order valence-corrected chi connectivity index (χ4v) is 1.87. The molecule has 1 aromatic rings. The molecule has 0 spiro atoms. The Morgan fingerprint density at radius 3 is 2.57 bits per heavy atom. The van der Waals surface area contributed by atoms with E-state index in [1.807, 2.05) is 0 Å². The highest BCUT2D eigenvalue weighted by Crippen LogP contribution is 2.15. The molecule has 0 fully saturated rings. The third-order valence-corrected chi connectivity index (χ3v) is 3.28. The number of halogens is 2. The molecule has 2 N–H and O–H groups in total. The Balaban J connectivity index is 2.44. The van der Waals surface area contributed by atoms with Crippen molar-refractivity contribution in [2.75, 3.05) is 6.54 Å². The lowest BCUT2D eigenvalue weighted by atomic mass is 9.95. The molecule has 0 aliphatic carbocycles. The van der Waals surface area contributed by atoms with Crippen molar-refractivity contribution in [1.29, 1.82) is 0 Å². The van der Waals surface area contributed by atoms with E-state index in [1.165, 1.54) is 6.07 Å². The van der Waals surface area contributed by atoms with Crippen LogP contribution >= 0.6 is 0 Å². The van der Waals surface area contributed by atoms with Crippen molar-refractivity contribution in [1.82, 2.24) is 5.32 Å². The van der Waals surface area contributed by atoms with Gasteiger partial charge in [0.15, 0.2) is 11.6 Å². The summed E-state index contributed by atoms with van der Waals surface area (Å²) in [5, 5.41) is 12.8. The molecule has 0 heterocycles.